The monoisotopic (exact) mass is 371 g/mol. The van der Waals surface area contributed by atoms with Crippen molar-refractivity contribution in [1.29, 1.82) is 0 Å². The maximum Gasteiger partial charge on any atom is 0.210 e. The Labute approximate surface area is 154 Å². The SMILES string of the molecule is COc1ccc(C(=O)CSc2nnc(Nc3cccc(C)c3)s2)cc1. The molecule has 0 atom stereocenters. The predicted octanol–water partition coefficient (Wildman–Crippen LogP) is 4.57. The van der Waals surface area contributed by atoms with Crippen molar-refractivity contribution in [3.8, 4) is 5.75 Å². The molecule has 0 bridgehead atoms. The lowest BCUT2D eigenvalue weighted by Crippen LogP contribution is -2.02. The molecule has 1 N–H and O–H groups in total. The minimum Gasteiger partial charge on any atom is -0.497 e. The minimum atomic E-state index is 0.0519. The molecule has 0 radical (unpaired) electrons. The Hall–Kier alpha value is -2.38. The molecule has 0 saturated heterocycles. The van der Waals surface area contributed by atoms with E-state index < -0.39 is 0 Å². The first-order chi connectivity index (χ1) is 12.1. The van der Waals surface area contributed by atoms with Crippen LogP contribution in [0.4, 0.5) is 10.8 Å². The van der Waals surface area contributed by atoms with Gasteiger partial charge >= 0.3 is 0 Å². The number of hydrogen-bond donors (Lipinski definition) is 1. The van der Waals surface area contributed by atoms with Crippen LogP contribution in [0.2, 0.25) is 0 Å². The summed E-state index contributed by atoms with van der Waals surface area (Å²) in [6.45, 7) is 2.04. The number of methoxy groups -OCH3 is 1. The Balaban J connectivity index is 1.56. The highest BCUT2D eigenvalue weighted by molar-refractivity contribution is 8.01. The molecule has 5 nitrogen and oxygen atoms in total. The van der Waals surface area contributed by atoms with Crippen LogP contribution in [0.3, 0.4) is 0 Å². The van der Waals surface area contributed by atoms with Gasteiger partial charge in [-0.1, -0.05) is 35.2 Å². The largest absolute Gasteiger partial charge is 0.497 e. The summed E-state index contributed by atoms with van der Waals surface area (Å²) in [6.07, 6.45) is 0. The highest BCUT2D eigenvalue weighted by Crippen LogP contribution is 2.28. The van der Waals surface area contributed by atoms with Crippen LogP contribution in [0, 0.1) is 6.92 Å². The van der Waals surface area contributed by atoms with Crippen LogP contribution in [0.15, 0.2) is 52.9 Å². The van der Waals surface area contributed by atoms with Gasteiger partial charge in [0.15, 0.2) is 10.1 Å². The molecule has 3 aromatic rings. The smallest absolute Gasteiger partial charge is 0.210 e. The zero-order valence-electron chi connectivity index (χ0n) is 13.9. The number of ketones is 1. The van der Waals surface area contributed by atoms with Crippen molar-refractivity contribution < 1.29 is 9.53 Å². The predicted molar refractivity (Wildman–Crippen MR) is 102 cm³/mol. The van der Waals surface area contributed by atoms with Gasteiger partial charge < -0.3 is 10.1 Å². The number of benzene rings is 2. The van der Waals surface area contributed by atoms with E-state index in [1.54, 1.807) is 31.4 Å². The third-order valence-corrected chi connectivity index (χ3v) is 5.39. The quantitative estimate of drug-likeness (QED) is 0.485. The molecule has 0 fully saturated rings. The van der Waals surface area contributed by atoms with Crippen LogP contribution in [0.5, 0.6) is 5.75 Å². The van der Waals surface area contributed by atoms with E-state index in [2.05, 4.69) is 15.5 Å². The molecule has 0 spiro atoms. The molecule has 3 rings (SSSR count). The second kappa shape index (κ2) is 8.13. The van der Waals surface area contributed by atoms with Gasteiger partial charge in [-0.3, -0.25) is 4.79 Å². The van der Waals surface area contributed by atoms with E-state index in [4.69, 9.17) is 4.74 Å². The lowest BCUT2D eigenvalue weighted by molar-refractivity contribution is 0.102. The normalized spacial score (nSPS) is 10.5. The van der Waals surface area contributed by atoms with Crippen molar-refractivity contribution >= 4 is 39.7 Å². The van der Waals surface area contributed by atoms with Gasteiger partial charge in [0, 0.05) is 11.3 Å². The third kappa shape index (κ3) is 4.80. The number of hydrogen-bond acceptors (Lipinski definition) is 7. The Morgan fingerprint density at radius 2 is 2.00 bits per heavy atom. The van der Waals surface area contributed by atoms with Gasteiger partial charge in [-0.15, -0.1) is 10.2 Å². The van der Waals surface area contributed by atoms with Crippen LogP contribution < -0.4 is 10.1 Å². The van der Waals surface area contributed by atoms with Crippen LogP contribution in [-0.4, -0.2) is 28.8 Å². The van der Waals surface area contributed by atoms with E-state index >= 15 is 0 Å². The second-order valence-electron chi connectivity index (χ2n) is 5.31. The summed E-state index contributed by atoms with van der Waals surface area (Å²) in [4.78, 5) is 12.2. The molecule has 0 amide bonds. The van der Waals surface area contributed by atoms with Crippen LogP contribution in [0.25, 0.3) is 0 Å². The number of nitrogens with one attached hydrogen (secondary N) is 1. The third-order valence-electron chi connectivity index (χ3n) is 3.41. The second-order valence-corrected chi connectivity index (χ2v) is 7.51. The van der Waals surface area contributed by atoms with Crippen molar-refractivity contribution in [2.24, 2.45) is 0 Å². The lowest BCUT2D eigenvalue weighted by atomic mass is 10.1. The van der Waals surface area contributed by atoms with Gasteiger partial charge in [-0.25, -0.2) is 0 Å². The average Bonchev–Trinajstić information content (AvgIpc) is 3.07. The molecule has 0 saturated carbocycles. The minimum absolute atomic E-state index is 0.0519. The topological polar surface area (TPSA) is 64.1 Å². The first kappa shape index (κ1) is 17.4. The van der Waals surface area contributed by atoms with Crippen LogP contribution in [0.1, 0.15) is 15.9 Å². The van der Waals surface area contributed by atoms with Crippen molar-refractivity contribution in [3.63, 3.8) is 0 Å². The van der Waals surface area contributed by atoms with Crippen molar-refractivity contribution in [1.82, 2.24) is 10.2 Å². The summed E-state index contributed by atoms with van der Waals surface area (Å²) >= 11 is 2.83. The fraction of sp³-hybridized carbons (Fsp3) is 0.167. The highest BCUT2D eigenvalue weighted by atomic mass is 32.2. The number of carbonyl (C=O) groups is 1. The standard InChI is InChI=1S/C18H17N3O2S2/c1-12-4-3-5-14(10-12)19-17-20-21-18(25-17)24-11-16(22)13-6-8-15(23-2)9-7-13/h3-10H,11H2,1-2H3,(H,19,20). The molecule has 7 heteroatoms. The molecule has 1 heterocycles. The van der Waals surface area contributed by atoms with Gasteiger partial charge in [0.1, 0.15) is 5.75 Å². The first-order valence-corrected chi connectivity index (χ1v) is 9.41. The number of carbonyl (C=O) groups excluding carboxylic acids is 1. The summed E-state index contributed by atoms with van der Waals surface area (Å²) in [5, 5.41) is 12.2. The number of anilines is 2. The van der Waals surface area contributed by atoms with Gasteiger partial charge in [0.2, 0.25) is 5.13 Å². The van der Waals surface area contributed by atoms with Crippen molar-refractivity contribution in [2.75, 3.05) is 18.2 Å². The average molecular weight is 371 g/mol. The van der Waals surface area contributed by atoms with Gasteiger partial charge in [0.25, 0.3) is 0 Å². The number of Topliss-reactive ketones (excluding diaryl/α,β-unsaturated/α-hetero) is 1. The molecular formula is C18H17N3O2S2. The van der Waals surface area contributed by atoms with Gasteiger partial charge in [-0.05, 0) is 48.9 Å². The van der Waals surface area contributed by atoms with E-state index in [9.17, 15) is 4.79 Å². The summed E-state index contributed by atoms with van der Waals surface area (Å²) < 4.78 is 5.86. The van der Waals surface area contributed by atoms with E-state index in [-0.39, 0.29) is 5.78 Å². The Morgan fingerprint density at radius 3 is 2.72 bits per heavy atom. The molecule has 128 valence electrons. The Morgan fingerprint density at radius 1 is 1.20 bits per heavy atom. The fourth-order valence-electron chi connectivity index (χ4n) is 2.15. The number of nitrogens with zero attached hydrogens (tertiary/aromatic N) is 2. The molecule has 2 aromatic carbocycles. The Bertz CT molecular complexity index is 863. The molecule has 1 aromatic heterocycles. The summed E-state index contributed by atoms with van der Waals surface area (Å²) in [5.41, 5.74) is 2.81. The van der Waals surface area contributed by atoms with Crippen molar-refractivity contribution in [2.45, 2.75) is 11.3 Å². The molecule has 0 aliphatic carbocycles. The van der Waals surface area contributed by atoms with Crippen LogP contribution in [-0.2, 0) is 0 Å². The van der Waals surface area contributed by atoms with E-state index in [0.29, 0.717) is 16.4 Å². The fourth-order valence-corrected chi connectivity index (χ4v) is 3.82. The zero-order valence-corrected chi connectivity index (χ0v) is 15.5. The lowest BCUT2D eigenvalue weighted by Gasteiger charge is -2.02. The zero-order chi connectivity index (χ0) is 17.6. The van der Waals surface area contributed by atoms with E-state index in [1.165, 1.54) is 28.7 Å². The number of rotatable bonds is 7. The van der Waals surface area contributed by atoms with Crippen molar-refractivity contribution in [3.05, 3.63) is 59.7 Å². The number of aromatic nitrogens is 2. The number of thioether (sulfide) groups is 1. The molecule has 0 unspecified atom stereocenters. The highest BCUT2D eigenvalue weighted by Gasteiger charge is 2.10. The maximum absolute atomic E-state index is 12.2. The molecule has 25 heavy (non-hydrogen) atoms. The molecular weight excluding hydrogens is 354 g/mol. The molecule has 0 aliphatic heterocycles. The first-order valence-electron chi connectivity index (χ1n) is 7.61. The summed E-state index contributed by atoms with van der Waals surface area (Å²) in [5.74, 6) is 1.11. The maximum atomic E-state index is 12.2. The Kier molecular flexibility index (Phi) is 5.67. The van der Waals surface area contributed by atoms with Gasteiger partial charge in [-0.2, -0.15) is 0 Å². The van der Waals surface area contributed by atoms with E-state index in [1.807, 2.05) is 31.2 Å². The number of ether oxygens (including phenoxy) is 1. The number of aryl methyl sites for hydroxylation is 1. The van der Waals surface area contributed by atoms with E-state index in [0.717, 1.165) is 15.8 Å². The summed E-state index contributed by atoms with van der Waals surface area (Å²) in [7, 11) is 1.60. The molecule has 0 aliphatic rings. The van der Waals surface area contributed by atoms with Crippen LogP contribution >= 0.6 is 23.1 Å². The summed E-state index contributed by atoms with van der Waals surface area (Å²) in [6, 6.07) is 15.2. The van der Waals surface area contributed by atoms with Gasteiger partial charge in [0.05, 0.1) is 12.9 Å².